The summed E-state index contributed by atoms with van der Waals surface area (Å²) in [6, 6.07) is 0.454. The van der Waals surface area contributed by atoms with E-state index in [4.69, 9.17) is 5.73 Å². The Labute approximate surface area is 106 Å². The second-order valence-corrected chi connectivity index (χ2v) is 3.72. The highest BCUT2D eigenvalue weighted by atomic mass is 14.6. The Hall–Kier alpha value is -0.0400. The van der Waals surface area contributed by atoms with Gasteiger partial charge < -0.3 is 5.73 Å². The van der Waals surface area contributed by atoms with Crippen LogP contribution in [0.4, 0.5) is 0 Å². The molecule has 0 radical (unpaired) electrons. The minimum atomic E-state index is 0.454. The van der Waals surface area contributed by atoms with E-state index in [-0.39, 0.29) is 0 Å². The Morgan fingerprint density at radius 1 is 0.812 bits per heavy atom. The highest BCUT2D eigenvalue weighted by Crippen LogP contribution is 1.99. The third-order valence-electron chi connectivity index (χ3n) is 1.45. The van der Waals surface area contributed by atoms with Crippen molar-refractivity contribution >= 4 is 0 Å². The standard InChI is InChI=1S/C7H17N.2C3H8.C2H6/c1-3-5-6-7(8)4-2;2*1-3-2;1-2/h7H,3-6,8H2,1-2H3;2*3H2,1-2H3;1-2H3. The third kappa shape index (κ3) is 66.0. The lowest BCUT2D eigenvalue weighted by atomic mass is 10.1. The van der Waals surface area contributed by atoms with Gasteiger partial charge in [-0.3, -0.25) is 0 Å². The summed E-state index contributed by atoms with van der Waals surface area (Å²) in [5, 5.41) is 0. The molecule has 0 aliphatic rings. The summed E-state index contributed by atoms with van der Waals surface area (Å²) >= 11 is 0. The molecule has 0 rings (SSSR count). The van der Waals surface area contributed by atoms with Crippen molar-refractivity contribution in [2.24, 2.45) is 5.73 Å². The summed E-state index contributed by atoms with van der Waals surface area (Å²) < 4.78 is 0. The van der Waals surface area contributed by atoms with Crippen LogP contribution in [0.3, 0.4) is 0 Å². The molecule has 2 N–H and O–H groups in total. The van der Waals surface area contributed by atoms with Crippen molar-refractivity contribution in [3.63, 3.8) is 0 Å². The maximum absolute atomic E-state index is 5.66. The zero-order valence-electron chi connectivity index (χ0n) is 13.4. The molecular formula is C15H39N. The van der Waals surface area contributed by atoms with Crippen LogP contribution in [0.25, 0.3) is 0 Å². The Kier molecular flexibility index (Phi) is 56.7. The molecular weight excluding hydrogens is 194 g/mol. The fraction of sp³-hybridized carbons (Fsp3) is 1.00. The molecule has 1 unspecified atom stereocenters. The van der Waals surface area contributed by atoms with E-state index in [1.54, 1.807) is 0 Å². The van der Waals surface area contributed by atoms with Gasteiger partial charge in [-0.05, 0) is 12.8 Å². The summed E-state index contributed by atoms with van der Waals surface area (Å²) in [6.07, 6.45) is 7.38. The summed E-state index contributed by atoms with van der Waals surface area (Å²) in [5.74, 6) is 0. The van der Waals surface area contributed by atoms with E-state index in [2.05, 4.69) is 41.5 Å². The largest absolute Gasteiger partial charge is 0.328 e. The quantitative estimate of drug-likeness (QED) is 0.655. The van der Waals surface area contributed by atoms with Gasteiger partial charge in [-0.1, -0.05) is 81.1 Å². The van der Waals surface area contributed by atoms with Gasteiger partial charge in [0.25, 0.3) is 0 Å². The molecule has 16 heavy (non-hydrogen) atoms. The first kappa shape index (κ1) is 25.0. The number of unbranched alkanes of at least 4 members (excludes halogenated alkanes) is 1. The molecule has 0 amide bonds. The lowest BCUT2D eigenvalue weighted by Gasteiger charge is -2.04. The van der Waals surface area contributed by atoms with Gasteiger partial charge in [0.2, 0.25) is 0 Å². The molecule has 1 atom stereocenters. The second-order valence-electron chi connectivity index (χ2n) is 3.72. The zero-order valence-corrected chi connectivity index (χ0v) is 13.4. The van der Waals surface area contributed by atoms with Crippen LogP contribution in [0.2, 0.25) is 0 Å². The van der Waals surface area contributed by atoms with E-state index in [1.807, 2.05) is 13.8 Å². The minimum Gasteiger partial charge on any atom is -0.328 e. The molecule has 0 bridgehead atoms. The number of hydrogen-bond acceptors (Lipinski definition) is 1. The van der Waals surface area contributed by atoms with Crippen LogP contribution in [-0.4, -0.2) is 6.04 Å². The summed E-state index contributed by atoms with van der Waals surface area (Å²) in [7, 11) is 0. The molecule has 0 aromatic rings. The molecule has 0 spiro atoms. The highest BCUT2D eigenvalue weighted by molar-refractivity contribution is 4.56. The molecule has 0 aliphatic carbocycles. The lowest BCUT2D eigenvalue weighted by Crippen LogP contribution is -2.17. The van der Waals surface area contributed by atoms with E-state index in [1.165, 1.54) is 32.1 Å². The van der Waals surface area contributed by atoms with Gasteiger partial charge in [-0.2, -0.15) is 0 Å². The maximum Gasteiger partial charge on any atom is 0.00362 e. The Balaban J connectivity index is -0.0000000752. The van der Waals surface area contributed by atoms with Gasteiger partial charge >= 0.3 is 0 Å². The molecule has 0 aromatic heterocycles. The molecule has 0 aliphatic heterocycles. The maximum atomic E-state index is 5.66. The van der Waals surface area contributed by atoms with Gasteiger partial charge in [-0.15, -0.1) is 0 Å². The highest BCUT2D eigenvalue weighted by Gasteiger charge is 1.94. The van der Waals surface area contributed by atoms with Gasteiger partial charge in [0.1, 0.15) is 0 Å². The van der Waals surface area contributed by atoms with E-state index in [9.17, 15) is 0 Å². The van der Waals surface area contributed by atoms with Crippen LogP contribution >= 0.6 is 0 Å². The number of nitrogens with two attached hydrogens (primary N) is 1. The molecule has 0 fully saturated rings. The predicted octanol–water partition coefficient (Wildman–Crippen LogP) is 5.77. The summed E-state index contributed by atoms with van der Waals surface area (Å²) in [6.45, 7) is 16.8. The molecule has 104 valence electrons. The first-order valence-corrected chi connectivity index (χ1v) is 7.39. The first-order valence-electron chi connectivity index (χ1n) is 7.39. The fourth-order valence-corrected chi connectivity index (χ4v) is 0.670. The lowest BCUT2D eigenvalue weighted by molar-refractivity contribution is 0.562. The van der Waals surface area contributed by atoms with Crippen molar-refractivity contribution < 1.29 is 0 Å². The normalized spacial score (nSPS) is 9.56. The fourth-order valence-electron chi connectivity index (χ4n) is 0.670. The van der Waals surface area contributed by atoms with E-state index >= 15 is 0 Å². The van der Waals surface area contributed by atoms with Gasteiger partial charge in [0.05, 0.1) is 0 Å². The molecule has 0 saturated carbocycles. The van der Waals surface area contributed by atoms with Crippen molar-refractivity contribution in [1.82, 2.24) is 0 Å². The minimum absolute atomic E-state index is 0.454. The molecule has 1 heteroatoms. The summed E-state index contributed by atoms with van der Waals surface area (Å²) in [5.41, 5.74) is 5.66. The Morgan fingerprint density at radius 2 is 1.12 bits per heavy atom. The van der Waals surface area contributed by atoms with Crippen LogP contribution in [0.1, 0.15) is 93.9 Å². The second kappa shape index (κ2) is 36.3. The van der Waals surface area contributed by atoms with Gasteiger partial charge in [0.15, 0.2) is 0 Å². The van der Waals surface area contributed by atoms with E-state index < -0.39 is 0 Å². The molecule has 0 saturated heterocycles. The van der Waals surface area contributed by atoms with Crippen molar-refractivity contribution in [3.8, 4) is 0 Å². The van der Waals surface area contributed by atoms with Crippen LogP contribution in [0.5, 0.6) is 0 Å². The molecule has 1 nitrogen and oxygen atoms in total. The number of hydrogen-bond donors (Lipinski definition) is 1. The first-order chi connectivity index (χ1) is 7.64. The van der Waals surface area contributed by atoms with E-state index in [0.717, 1.165) is 6.42 Å². The van der Waals surface area contributed by atoms with Crippen molar-refractivity contribution in [2.75, 3.05) is 0 Å². The van der Waals surface area contributed by atoms with Crippen molar-refractivity contribution in [2.45, 2.75) is 100.0 Å². The Bertz CT molecular complexity index is 60.5. The third-order valence-corrected chi connectivity index (χ3v) is 1.45. The van der Waals surface area contributed by atoms with Crippen LogP contribution in [-0.2, 0) is 0 Å². The van der Waals surface area contributed by atoms with Crippen LogP contribution in [0, 0.1) is 0 Å². The average Bonchev–Trinajstić information content (AvgIpc) is 2.30. The monoisotopic (exact) mass is 233 g/mol. The zero-order chi connectivity index (χ0) is 13.8. The van der Waals surface area contributed by atoms with Gasteiger partial charge in [-0.25, -0.2) is 0 Å². The smallest absolute Gasteiger partial charge is 0.00362 e. The van der Waals surface area contributed by atoms with Gasteiger partial charge in [0, 0.05) is 6.04 Å². The topological polar surface area (TPSA) is 26.0 Å². The van der Waals surface area contributed by atoms with Crippen molar-refractivity contribution in [3.05, 3.63) is 0 Å². The molecule has 0 heterocycles. The van der Waals surface area contributed by atoms with Crippen LogP contribution in [0.15, 0.2) is 0 Å². The Morgan fingerprint density at radius 3 is 1.31 bits per heavy atom. The van der Waals surface area contributed by atoms with Crippen LogP contribution < -0.4 is 5.73 Å². The number of rotatable bonds is 4. The molecule has 0 aromatic carbocycles. The predicted molar refractivity (Wildman–Crippen MR) is 81.1 cm³/mol. The average molecular weight is 233 g/mol. The van der Waals surface area contributed by atoms with Crippen molar-refractivity contribution in [1.29, 1.82) is 0 Å². The summed E-state index contributed by atoms with van der Waals surface area (Å²) in [4.78, 5) is 0. The SMILES string of the molecule is CC.CCC.CCC.CCCCC(N)CC. The van der Waals surface area contributed by atoms with E-state index in [0.29, 0.717) is 6.04 Å².